The maximum Gasteiger partial charge on any atom is 0.355 e. The largest absolute Gasteiger partial charge is 0.461 e. The fourth-order valence-electron chi connectivity index (χ4n) is 3.00. The quantitative estimate of drug-likeness (QED) is 0.819. The third kappa shape index (κ3) is 3.09. The van der Waals surface area contributed by atoms with Crippen molar-refractivity contribution in [2.45, 2.75) is 47.5 Å². The smallest absolute Gasteiger partial charge is 0.355 e. The molecule has 0 unspecified atom stereocenters. The second-order valence-corrected chi connectivity index (χ2v) is 5.56. The number of nitrogens with one attached hydrogen (secondary N) is 2. The van der Waals surface area contributed by atoms with Gasteiger partial charge in [0.25, 0.3) is 5.91 Å². The highest BCUT2D eigenvalue weighted by molar-refractivity contribution is 6.01. The summed E-state index contributed by atoms with van der Waals surface area (Å²) in [5, 5.41) is 2.90. The van der Waals surface area contributed by atoms with Gasteiger partial charge in [0.05, 0.1) is 6.61 Å². The fraction of sp³-hybridized carbons (Fsp3) is 0.444. The van der Waals surface area contributed by atoms with Crippen LogP contribution in [-0.4, -0.2) is 23.5 Å². The topological polar surface area (TPSA) is 71.2 Å². The van der Waals surface area contributed by atoms with Gasteiger partial charge in [0.2, 0.25) is 0 Å². The predicted molar refractivity (Wildman–Crippen MR) is 90.0 cm³/mol. The van der Waals surface area contributed by atoms with E-state index in [0.29, 0.717) is 12.3 Å². The van der Waals surface area contributed by atoms with Crippen molar-refractivity contribution in [2.75, 3.05) is 6.61 Å². The summed E-state index contributed by atoms with van der Waals surface area (Å²) in [6.07, 6.45) is 3.49. The molecule has 1 aromatic rings. The third-order valence-electron chi connectivity index (χ3n) is 4.25. The number of H-pyrrole nitrogens is 1. The number of hydrogen-bond acceptors (Lipinski definition) is 3. The number of carbonyl (C=O) groups is 2. The van der Waals surface area contributed by atoms with Crippen molar-refractivity contribution in [1.29, 1.82) is 0 Å². The molecular weight excluding hydrogens is 292 g/mol. The molecule has 2 heterocycles. The molecule has 1 amide bonds. The van der Waals surface area contributed by atoms with Gasteiger partial charge in [0.1, 0.15) is 5.69 Å². The van der Waals surface area contributed by atoms with Crippen molar-refractivity contribution >= 4 is 18.0 Å². The second-order valence-electron chi connectivity index (χ2n) is 5.56. The highest BCUT2D eigenvalue weighted by Gasteiger charge is 2.24. The molecule has 0 spiro atoms. The van der Waals surface area contributed by atoms with Crippen molar-refractivity contribution in [3.8, 4) is 0 Å². The zero-order valence-corrected chi connectivity index (χ0v) is 14.4. The van der Waals surface area contributed by atoms with Gasteiger partial charge in [-0.25, -0.2) is 4.79 Å². The average Bonchev–Trinajstić information content (AvgIpc) is 2.97. The van der Waals surface area contributed by atoms with Gasteiger partial charge in [0.15, 0.2) is 0 Å². The minimum absolute atomic E-state index is 0.0555. The molecule has 5 nitrogen and oxygen atoms in total. The van der Waals surface area contributed by atoms with Gasteiger partial charge in [-0.15, -0.1) is 0 Å². The minimum Gasteiger partial charge on any atom is -0.461 e. The Morgan fingerprint density at radius 2 is 1.87 bits per heavy atom. The van der Waals surface area contributed by atoms with Gasteiger partial charge < -0.3 is 15.0 Å². The predicted octanol–water partition coefficient (Wildman–Crippen LogP) is 3.26. The lowest BCUT2D eigenvalue weighted by molar-refractivity contribution is -0.116. The molecule has 0 saturated carbocycles. The lowest BCUT2D eigenvalue weighted by Gasteiger charge is -2.04. The second kappa shape index (κ2) is 6.86. The van der Waals surface area contributed by atoms with Crippen molar-refractivity contribution in [3.63, 3.8) is 0 Å². The molecule has 0 saturated heterocycles. The summed E-state index contributed by atoms with van der Waals surface area (Å²) < 4.78 is 5.10. The number of aromatic amines is 1. The van der Waals surface area contributed by atoms with Gasteiger partial charge in [-0.3, -0.25) is 4.79 Å². The van der Waals surface area contributed by atoms with Gasteiger partial charge in [-0.2, -0.15) is 0 Å². The summed E-state index contributed by atoms with van der Waals surface area (Å²) in [7, 11) is 0. The first-order chi connectivity index (χ1) is 10.9. The number of aromatic nitrogens is 1. The van der Waals surface area contributed by atoms with E-state index in [1.807, 2.05) is 33.8 Å². The first-order valence-electron chi connectivity index (χ1n) is 8.06. The SMILES string of the molecule is CCOC(=O)c1[nH]c(/C=C2/NC(=O)C(C)=C2CC)c(CC)c1C. The monoisotopic (exact) mass is 316 g/mol. The van der Waals surface area contributed by atoms with Crippen LogP contribution in [0.3, 0.4) is 0 Å². The standard InChI is InChI=1S/C18H24N2O3/c1-6-12-10(4)16(18(22)23-8-3)19-14(12)9-15-13(7-2)11(5)17(21)20-15/h9,19H,6-8H2,1-5H3,(H,20,21)/b15-9+. The Morgan fingerprint density at radius 3 is 2.43 bits per heavy atom. The first kappa shape index (κ1) is 17.1. The van der Waals surface area contributed by atoms with E-state index in [-0.39, 0.29) is 11.9 Å². The Balaban J connectivity index is 2.49. The Hall–Kier alpha value is -2.30. The van der Waals surface area contributed by atoms with E-state index in [1.165, 1.54) is 0 Å². The fourth-order valence-corrected chi connectivity index (χ4v) is 3.00. The molecule has 0 fully saturated rings. The molecular formula is C18H24N2O3. The molecule has 2 N–H and O–H groups in total. The summed E-state index contributed by atoms with van der Waals surface area (Å²) in [4.78, 5) is 27.1. The Labute approximate surface area is 136 Å². The molecule has 23 heavy (non-hydrogen) atoms. The van der Waals surface area contributed by atoms with Crippen LogP contribution in [0, 0.1) is 6.92 Å². The minimum atomic E-state index is -0.345. The molecule has 0 aromatic carbocycles. The maximum atomic E-state index is 12.1. The van der Waals surface area contributed by atoms with Crippen LogP contribution in [0.2, 0.25) is 0 Å². The zero-order chi connectivity index (χ0) is 17.1. The number of amides is 1. The Bertz CT molecular complexity index is 708. The van der Waals surface area contributed by atoms with Crippen LogP contribution in [0.5, 0.6) is 0 Å². The number of allylic oxidation sites excluding steroid dienone is 1. The average molecular weight is 316 g/mol. The molecule has 1 aliphatic rings. The number of esters is 1. The van der Waals surface area contributed by atoms with E-state index in [2.05, 4.69) is 10.3 Å². The van der Waals surface area contributed by atoms with Crippen LogP contribution in [0.15, 0.2) is 16.8 Å². The molecule has 0 radical (unpaired) electrons. The van der Waals surface area contributed by atoms with Crippen molar-refractivity contribution < 1.29 is 14.3 Å². The van der Waals surface area contributed by atoms with Crippen molar-refractivity contribution in [3.05, 3.63) is 39.4 Å². The lowest BCUT2D eigenvalue weighted by atomic mass is 10.0. The van der Waals surface area contributed by atoms with E-state index in [4.69, 9.17) is 4.74 Å². The highest BCUT2D eigenvalue weighted by atomic mass is 16.5. The Kier molecular flexibility index (Phi) is 5.08. The molecule has 0 bridgehead atoms. The summed E-state index contributed by atoms with van der Waals surface area (Å²) >= 11 is 0. The number of rotatable bonds is 5. The molecule has 1 aliphatic heterocycles. The van der Waals surface area contributed by atoms with Crippen LogP contribution >= 0.6 is 0 Å². The van der Waals surface area contributed by atoms with Gasteiger partial charge in [-0.1, -0.05) is 13.8 Å². The number of carbonyl (C=O) groups excluding carboxylic acids is 2. The van der Waals surface area contributed by atoms with Crippen LogP contribution in [-0.2, 0) is 16.0 Å². The normalized spacial score (nSPS) is 16.2. The van der Waals surface area contributed by atoms with Crippen LogP contribution in [0.25, 0.3) is 6.08 Å². The van der Waals surface area contributed by atoms with E-state index < -0.39 is 0 Å². The number of ether oxygens (including phenoxy) is 1. The molecule has 1 aromatic heterocycles. The van der Waals surface area contributed by atoms with E-state index in [0.717, 1.165) is 46.5 Å². The maximum absolute atomic E-state index is 12.1. The van der Waals surface area contributed by atoms with Crippen LogP contribution < -0.4 is 5.32 Å². The summed E-state index contributed by atoms with van der Waals surface area (Å²) in [5.41, 5.74) is 5.88. The zero-order valence-electron chi connectivity index (χ0n) is 14.4. The lowest BCUT2D eigenvalue weighted by Crippen LogP contribution is -2.15. The van der Waals surface area contributed by atoms with Gasteiger partial charge in [0, 0.05) is 17.0 Å². The van der Waals surface area contributed by atoms with Crippen molar-refractivity contribution in [2.24, 2.45) is 0 Å². The van der Waals surface area contributed by atoms with Crippen LogP contribution in [0.4, 0.5) is 0 Å². The van der Waals surface area contributed by atoms with Gasteiger partial charge >= 0.3 is 5.97 Å². The van der Waals surface area contributed by atoms with E-state index in [1.54, 1.807) is 6.92 Å². The summed E-state index contributed by atoms with van der Waals surface area (Å²) in [6.45, 7) is 9.94. The molecule has 5 heteroatoms. The molecule has 2 rings (SSSR count). The molecule has 124 valence electrons. The van der Waals surface area contributed by atoms with E-state index in [9.17, 15) is 9.59 Å². The third-order valence-corrected chi connectivity index (χ3v) is 4.25. The molecule has 0 atom stereocenters. The Morgan fingerprint density at radius 1 is 1.17 bits per heavy atom. The molecule has 0 aliphatic carbocycles. The number of hydrogen-bond donors (Lipinski definition) is 2. The highest BCUT2D eigenvalue weighted by Crippen LogP contribution is 2.28. The van der Waals surface area contributed by atoms with Crippen molar-refractivity contribution in [1.82, 2.24) is 10.3 Å². The van der Waals surface area contributed by atoms with Gasteiger partial charge in [-0.05, 0) is 56.4 Å². The van der Waals surface area contributed by atoms with E-state index >= 15 is 0 Å². The first-order valence-corrected chi connectivity index (χ1v) is 8.06. The summed E-state index contributed by atoms with van der Waals surface area (Å²) in [5.74, 6) is -0.401. The summed E-state index contributed by atoms with van der Waals surface area (Å²) in [6, 6.07) is 0. The van der Waals surface area contributed by atoms with Crippen LogP contribution in [0.1, 0.15) is 61.4 Å².